The molecule has 0 aliphatic carbocycles. The molecular formula is C24H31BrN6O4. The predicted molar refractivity (Wildman–Crippen MR) is 138 cm³/mol. The smallest absolute Gasteiger partial charge is 0.407 e. The van der Waals surface area contributed by atoms with Crippen molar-refractivity contribution in [1.29, 1.82) is 0 Å². The lowest BCUT2D eigenvalue weighted by Gasteiger charge is -2.34. The number of halogens is 1. The molecular weight excluding hydrogens is 516 g/mol. The lowest BCUT2D eigenvalue weighted by Crippen LogP contribution is -2.49. The van der Waals surface area contributed by atoms with Crippen molar-refractivity contribution in [2.24, 2.45) is 14.1 Å². The van der Waals surface area contributed by atoms with Gasteiger partial charge >= 0.3 is 11.8 Å². The van der Waals surface area contributed by atoms with E-state index in [1.165, 1.54) is 11.6 Å². The Balaban J connectivity index is 1.76. The minimum Gasteiger partial charge on any atom is -0.444 e. The number of benzene rings is 1. The third-order valence-electron chi connectivity index (χ3n) is 6.04. The van der Waals surface area contributed by atoms with Crippen molar-refractivity contribution in [3.05, 3.63) is 55.1 Å². The summed E-state index contributed by atoms with van der Waals surface area (Å²) in [4.78, 5) is 45.0. The molecule has 1 aromatic carbocycles. The highest BCUT2D eigenvalue weighted by molar-refractivity contribution is 9.10. The van der Waals surface area contributed by atoms with Crippen LogP contribution in [0, 0.1) is 0 Å². The van der Waals surface area contributed by atoms with Crippen LogP contribution in [0.1, 0.15) is 39.2 Å². The third-order valence-corrected chi connectivity index (χ3v) is 6.81. The number of alkyl carbamates (subject to hydrolysis) is 1. The maximum absolute atomic E-state index is 13.2. The fraction of sp³-hybridized carbons (Fsp3) is 0.500. The van der Waals surface area contributed by atoms with Crippen LogP contribution in [0.3, 0.4) is 0 Å². The Bertz CT molecular complexity index is 1380. The van der Waals surface area contributed by atoms with E-state index >= 15 is 0 Å². The van der Waals surface area contributed by atoms with Crippen molar-refractivity contribution in [3.63, 3.8) is 0 Å². The summed E-state index contributed by atoms with van der Waals surface area (Å²) >= 11 is 3.60. The summed E-state index contributed by atoms with van der Waals surface area (Å²) in [7, 11) is 3.09. The van der Waals surface area contributed by atoms with Crippen molar-refractivity contribution in [2.45, 2.75) is 51.8 Å². The van der Waals surface area contributed by atoms with Gasteiger partial charge in [-0.3, -0.25) is 18.5 Å². The molecule has 0 saturated carbocycles. The number of imidazole rings is 1. The average molecular weight is 547 g/mol. The van der Waals surface area contributed by atoms with E-state index in [0.29, 0.717) is 36.7 Å². The first kappa shape index (κ1) is 25.0. The van der Waals surface area contributed by atoms with Crippen molar-refractivity contribution in [1.82, 2.24) is 24.0 Å². The molecule has 4 rings (SSSR count). The average Bonchev–Trinajstić information content (AvgIpc) is 3.16. The highest BCUT2D eigenvalue weighted by Gasteiger charge is 2.29. The first-order valence-corrected chi connectivity index (χ1v) is 12.4. The second-order valence-corrected chi connectivity index (χ2v) is 10.8. The van der Waals surface area contributed by atoms with Gasteiger partial charge in [-0.25, -0.2) is 9.59 Å². The van der Waals surface area contributed by atoms with Crippen LogP contribution in [0.2, 0.25) is 0 Å². The maximum atomic E-state index is 13.2. The van der Waals surface area contributed by atoms with E-state index in [0.717, 1.165) is 27.4 Å². The number of carbonyl (C=O) groups is 1. The van der Waals surface area contributed by atoms with Gasteiger partial charge in [0.05, 0.1) is 6.54 Å². The topological polar surface area (TPSA) is 103 Å². The quantitative estimate of drug-likeness (QED) is 0.539. The van der Waals surface area contributed by atoms with Gasteiger partial charge in [-0.2, -0.15) is 4.98 Å². The van der Waals surface area contributed by atoms with Crippen molar-refractivity contribution < 1.29 is 9.53 Å². The highest BCUT2D eigenvalue weighted by Crippen LogP contribution is 2.26. The first-order chi connectivity index (χ1) is 16.5. The summed E-state index contributed by atoms with van der Waals surface area (Å²) in [6, 6.07) is 7.66. The minimum absolute atomic E-state index is 0.137. The van der Waals surface area contributed by atoms with Crippen LogP contribution in [-0.2, 0) is 25.4 Å². The SMILES string of the molecule is Cn1c(=O)c2c(nc(N3CCCC(NC(=O)OC(C)(C)C)C3)n2Cc2ccccc2Br)n(C)c1=O. The number of rotatable bonds is 4. The Morgan fingerprint density at radius 3 is 2.60 bits per heavy atom. The summed E-state index contributed by atoms with van der Waals surface area (Å²) in [5, 5.41) is 2.96. The molecule has 35 heavy (non-hydrogen) atoms. The van der Waals surface area contributed by atoms with Gasteiger partial charge < -0.3 is 15.0 Å². The number of carbonyl (C=O) groups excluding carboxylic acids is 1. The lowest BCUT2D eigenvalue weighted by atomic mass is 10.1. The molecule has 1 amide bonds. The fourth-order valence-corrected chi connectivity index (χ4v) is 4.78. The van der Waals surface area contributed by atoms with Gasteiger partial charge in [-0.05, 0) is 45.2 Å². The number of ether oxygens (including phenoxy) is 1. The molecule has 0 spiro atoms. The Morgan fingerprint density at radius 1 is 1.20 bits per heavy atom. The Morgan fingerprint density at radius 2 is 1.91 bits per heavy atom. The number of fused-ring (bicyclic) bond motifs is 1. The molecule has 2 aromatic heterocycles. The number of aryl methyl sites for hydroxylation is 1. The molecule has 1 unspecified atom stereocenters. The summed E-state index contributed by atoms with van der Waals surface area (Å²) in [6.45, 7) is 7.09. The van der Waals surface area contributed by atoms with E-state index in [1.54, 1.807) is 7.05 Å². The number of piperidine rings is 1. The normalized spacial score (nSPS) is 16.5. The van der Waals surface area contributed by atoms with Crippen LogP contribution in [0.15, 0.2) is 38.3 Å². The molecule has 1 atom stereocenters. The van der Waals surface area contributed by atoms with E-state index in [1.807, 2.05) is 49.6 Å². The van der Waals surface area contributed by atoms with Gasteiger partial charge in [0.2, 0.25) is 5.95 Å². The zero-order valence-corrected chi connectivity index (χ0v) is 22.3. The molecule has 3 heterocycles. The van der Waals surface area contributed by atoms with Gasteiger partial charge in [0, 0.05) is 37.7 Å². The Labute approximate surface area is 211 Å². The molecule has 1 saturated heterocycles. The van der Waals surface area contributed by atoms with Crippen LogP contribution < -0.4 is 21.5 Å². The second kappa shape index (κ2) is 9.52. The molecule has 1 aliphatic rings. The van der Waals surface area contributed by atoms with E-state index < -0.39 is 22.9 Å². The maximum Gasteiger partial charge on any atom is 0.407 e. The molecule has 11 heteroatoms. The van der Waals surface area contributed by atoms with Crippen LogP contribution in [-0.4, -0.2) is 49.5 Å². The van der Waals surface area contributed by atoms with Crippen LogP contribution in [0.25, 0.3) is 11.2 Å². The van der Waals surface area contributed by atoms with Gasteiger partial charge in [0.25, 0.3) is 5.56 Å². The number of hydrogen-bond donors (Lipinski definition) is 1. The molecule has 3 aromatic rings. The summed E-state index contributed by atoms with van der Waals surface area (Å²) < 4.78 is 10.7. The molecule has 1 N–H and O–H groups in total. The van der Waals surface area contributed by atoms with Crippen molar-refractivity contribution in [2.75, 3.05) is 18.0 Å². The number of aromatic nitrogens is 4. The Hall–Kier alpha value is -3.08. The van der Waals surface area contributed by atoms with E-state index in [4.69, 9.17) is 9.72 Å². The summed E-state index contributed by atoms with van der Waals surface area (Å²) in [6.07, 6.45) is 1.18. The van der Waals surface area contributed by atoms with Crippen LogP contribution in [0.5, 0.6) is 0 Å². The zero-order chi connectivity index (χ0) is 25.5. The molecule has 1 fully saturated rings. The number of nitrogens with zero attached hydrogens (tertiary/aromatic N) is 5. The van der Waals surface area contributed by atoms with Crippen molar-refractivity contribution in [3.8, 4) is 0 Å². The van der Waals surface area contributed by atoms with E-state index in [2.05, 4.69) is 26.1 Å². The molecule has 188 valence electrons. The summed E-state index contributed by atoms with van der Waals surface area (Å²) in [5.41, 5.74) is 0.270. The highest BCUT2D eigenvalue weighted by atomic mass is 79.9. The zero-order valence-electron chi connectivity index (χ0n) is 20.7. The number of nitrogens with one attached hydrogen (secondary N) is 1. The predicted octanol–water partition coefficient (Wildman–Crippen LogP) is 2.74. The van der Waals surface area contributed by atoms with Crippen molar-refractivity contribution >= 4 is 39.1 Å². The van der Waals surface area contributed by atoms with E-state index in [9.17, 15) is 14.4 Å². The van der Waals surface area contributed by atoms with Gasteiger partial charge in [-0.15, -0.1) is 0 Å². The van der Waals surface area contributed by atoms with Gasteiger partial charge in [-0.1, -0.05) is 34.1 Å². The number of anilines is 1. The monoisotopic (exact) mass is 546 g/mol. The Kier molecular flexibility index (Phi) is 6.81. The minimum atomic E-state index is -0.583. The largest absolute Gasteiger partial charge is 0.444 e. The second-order valence-electron chi connectivity index (χ2n) is 9.90. The molecule has 0 radical (unpaired) electrons. The molecule has 1 aliphatic heterocycles. The standard InChI is InChI=1S/C24H31BrN6O4/c1-24(2,3)35-22(33)26-16-10-8-12-30(14-16)21-27-19-18(20(32)29(5)23(34)28(19)4)31(21)13-15-9-6-7-11-17(15)25/h6-7,9,11,16H,8,10,12-14H2,1-5H3,(H,26,33). The van der Waals surface area contributed by atoms with Gasteiger partial charge in [0.15, 0.2) is 11.2 Å². The lowest BCUT2D eigenvalue weighted by molar-refractivity contribution is 0.0500. The van der Waals surface area contributed by atoms with Crippen LogP contribution >= 0.6 is 15.9 Å². The fourth-order valence-electron chi connectivity index (χ4n) is 4.37. The number of hydrogen-bond acceptors (Lipinski definition) is 6. The third kappa shape index (κ3) is 5.14. The van der Waals surface area contributed by atoms with E-state index in [-0.39, 0.29) is 6.04 Å². The summed E-state index contributed by atoms with van der Waals surface area (Å²) in [5.74, 6) is 0.588. The number of amides is 1. The molecule has 0 bridgehead atoms. The first-order valence-electron chi connectivity index (χ1n) is 11.6. The van der Waals surface area contributed by atoms with Gasteiger partial charge in [0.1, 0.15) is 5.60 Å². The van der Waals surface area contributed by atoms with Crippen LogP contribution in [0.4, 0.5) is 10.7 Å². The molecule has 10 nitrogen and oxygen atoms in total.